The Morgan fingerprint density at radius 3 is 2.67 bits per heavy atom. The minimum atomic E-state index is -0.409. The fourth-order valence-electron chi connectivity index (χ4n) is 2.30. The van der Waals surface area contributed by atoms with Crippen molar-refractivity contribution in [3.8, 4) is 6.07 Å². The highest BCUT2D eigenvalue weighted by atomic mass is 15.2. The van der Waals surface area contributed by atoms with E-state index in [4.69, 9.17) is 5.26 Å². The Kier molecular flexibility index (Phi) is 3.75. The number of nitriles is 1. The third-order valence-corrected chi connectivity index (χ3v) is 3.32. The minimum absolute atomic E-state index is 0.405. The standard InChI is InChI=1S/C12H23N3/c1-11(2)6-5-7-15(9-11)10-12(3,8-13)14-4/h14H,5-7,9-10H2,1-4H3. The van der Waals surface area contributed by atoms with Crippen LogP contribution in [0.2, 0.25) is 0 Å². The van der Waals surface area contributed by atoms with Crippen molar-refractivity contribution in [2.75, 3.05) is 26.7 Å². The molecule has 0 aromatic rings. The van der Waals surface area contributed by atoms with Crippen molar-refractivity contribution in [2.45, 2.75) is 39.2 Å². The van der Waals surface area contributed by atoms with Crippen LogP contribution in [0.4, 0.5) is 0 Å². The molecule has 15 heavy (non-hydrogen) atoms. The highest BCUT2D eigenvalue weighted by molar-refractivity contribution is 5.05. The second-order valence-corrected chi connectivity index (χ2v) is 5.67. The van der Waals surface area contributed by atoms with Gasteiger partial charge in [-0.3, -0.25) is 4.90 Å². The molecule has 1 heterocycles. The summed E-state index contributed by atoms with van der Waals surface area (Å²) in [5, 5.41) is 12.2. The van der Waals surface area contributed by atoms with Gasteiger partial charge in [0.15, 0.2) is 0 Å². The van der Waals surface area contributed by atoms with Crippen molar-refractivity contribution in [3.63, 3.8) is 0 Å². The molecule has 1 fully saturated rings. The quantitative estimate of drug-likeness (QED) is 0.767. The molecule has 3 heteroatoms. The average molecular weight is 209 g/mol. The van der Waals surface area contributed by atoms with E-state index in [1.807, 2.05) is 14.0 Å². The van der Waals surface area contributed by atoms with Gasteiger partial charge in [-0.2, -0.15) is 5.26 Å². The van der Waals surface area contributed by atoms with E-state index < -0.39 is 5.54 Å². The van der Waals surface area contributed by atoms with E-state index in [2.05, 4.69) is 30.1 Å². The smallest absolute Gasteiger partial charge is 0.116 e. The van der Waals surface area contributed by atoms with E-state index in [0.29, 0.717) is 5.41 Å². The van der Waals surface area contributed by atoms with Crippen LogP contribution in [0, 0.1) is 16.7 Å². The molecule has 0 aromatic carbocycles. The van der Waals surface area contributed by atoms with Gasteiger partial charge in [0.25, 0.3) is 0 Å². The van der Waals surface area contributed by atoms with Crippen LogP contribution in [-0.4, -0.2) is 37.1 Å². The molecular formula is C12H23N3. The summed E-state index contributed by atoms with van der Waals surface area (Å²) in [6, 6.07) is 2.35. The fraction of sp³-hybridized carbons (Fsp3) is 0.917. The lowest BCUT2D eigenvalue weighted by Crippen LogP contribution is -2.52. The second kappa shape index (κ2) is 4.51. The normalized spacial score (nSPS) is 25.5. The summed E-state index contributed by atoms with van der Waals surface area (Å²) in [5.74, 6) is 0. The van der Waals surface area contributed by atoms with Crippen LogP contribution in [0.25, 0.3) is 0 Å². The zero-order chi connectivity index (χ0) is 11.5. The number of piperidine rings is 1. The van der Waals surface area contributed by atoms with Crippen LogP contribution in [0.15, 0.2) is 0 Å². The molecule has 1 atom stereocenters. The predicted molar refractivity (Wildman–Crippen MR) is 62.5 cm³/mol. The topological polar surface area (TPSA) is 39.1 Å². The lowest BCUT2D eigenvalue weighted by atomic mass is 9.83. The van der Waals surface area contributed by atoms with E-state index in [0.717, 1.165) is 19.6 Å². The Bertz CT molecular complexity index is 254. The number of hydrogen-bond acceptors (Lipinski definition) is 3. The molecule has 1 N–H and O–H groups in total. The fourth-order valence-corrected chi connectivity index (χ4v) is 2.30. The zero-order valence-electron chi connectivity index (χ0n) is 10.4. The molecule has 0 aromatic heterocycles. The Labute approximate surface area is 93.5 Å². The van der Waals surface area contributed by atoms with Crippen LogP contribution in [0.1, 0.15) is 33.6 Å². The lowest BCUT2D eigenvalue weighted by Gasteiger charge is -2.40. The largest absolute Gasteiger partial charge is 0.302 e. The minimum Gasteiger partial charge on any atom is -0.302 e. The van der Waals surface area contributed by atoms with Gasteiger partial charge in [-0.05, 0) is 38.8 Å². The number of likely N-dealkylation sites (tertiary alicyclic amines) is 1. The maximum absolute atomic E-state index is 9.11. The van der Waals surface area contributed by atoms with Crippen molar-refractivity contribution in [1.82, 2.24) is 10.2 Å². The van der Waals surface area contributed by atoms with Gasteiger partial charge in [0.2, 0.25) is 0 Å². The third kappa shape index (κ3) is 3.48. The van der Waals surface area contributed by atoms with Gasteiger partial charge in [-0.15, -0.1) is 0 Å². The van der Waals surface area contributed by atoms with Gasteiger partial charge in [-0.25, -0.2) is 0 Å². The molecule has 0 amide bonds. The van der Waals surface area contributed by atoms with Crippen LogP contribution in [0.3, 0.4) is 0 Å². The molecule has 3 nitrogen and oxygen atoms in total. The monoisotopic (exact) mass is 209 g/mol. The summed E-state index contributed by atoms with van der Waals surface area (Å²) in [6.07, 6.45) is 2.55. The summed E-state index contributed by atoms with van der Waals surface area (Å²) in [4.78, 5) is 2.41. The molecule has 1 aliphatic rings. The Morgan fingerprint density at radius 2 is 2.20 bits per heavy atom. The molecule has 0 aliphatic carbocycles. The van der Waals surface area contributed by atoms with Gasteiger partial charge in [-0.1, -0.05) is 13.8 Å². The Morgan fingerprint density at radius 1 is 1.53 bits per heavy atom. The van der Waals surface area contributed by atoms with Crippen LogP contribution < -0.4 is 5.32 Å². The highest BCUT2D eigenvalue weighted by Gasteiger charge is 2.31. The molecule has 0 radical (unpaired) electrons. The molecule has 0 saturated carbocycles. The molecule has 1 aliphatic heterocycles. The average Bonchev–Trinajstić information content (AvgIpc) is 2.16. The third-order valence-electron chi connectivity index (χ3n) is 3.32. The number of rotatable bonds is 3. The predicted octanol–water partition coefficient (Wildman–Crippen LogP) is 1.61. The van der Waals surface area contributed by atoms with E-state index >= 15 is 0 Å². The number of hydrogen-bond donors (Lipinski definition) is 1. The molecule has 1 unspecified atom stereocenters. The van der Waals surface area contributed by atoms with Crippen molar-refractivity contribution < 1.29 is 0 Å². The van der Waals surface area contributed by atoms with Crippen molar-refractivity contribution in [2.24, 2.45) is 5.41 Å². The van der Waals surface area contributed by atoms with E-state index in [1.165, 1.54) is 12.8 Å². The van der Waals surface area contributed by atoms with E-state index in [9.17, 15) is 0 Å². The van der Waals surface area contributed by atoms with Crippen molar-refractivity contribution in [3.05, 3.63) is 0 Å². The molecule has 86 valence electrons. The maximum atomic E-state index is 9.11. The molecular weight excluding hydrogens is 186 g/mol. The van der Waals surface area contributed by atoms with Crippen LogP contribution in [-0.2, 0) is 0 Å². The maximum Gasteiger partial charge on any atom is 0.116 e. The summed E-state index contributed by atoms with van der Waals surface area (Å²) in [6.45, 7) is 9.64. The highest BCUT2D eigenvalue weighted by Crippen LogP contribution is 2.28. The zero-order valence-corrected chi connectivity index (χ0v) is 10.4. The lowest BCUT2D eigenvalue weighted by molar-refractivity contribution is 0.101. The van der Waals surface area contributed by atoms with Crippen molar-refractivity contribution >= 4 is 0 Å². The first-order chi connectivity index (χ1) is 6.91. The van der Waals surface area contributed by atoms with Crippen LogP contribution >= 0.6 is 0 Å². The first-order valence-electron chi connectivity index (χ1n) is 5.73. The van der Waals surface area contributed by atoms with Gasteiger partial charge in [0, 0.05) is 13.1 Å². The first kappa shape index (κ1) is 12.5. The Balaban J connectivity index is 2.56. The van der Waals surface area contributed by atoms with E-state index in [1.54, 1.807) is 0 Å². The van der Waals surface area contributed by atoms with Gasteiger partial charge in [0.05, 0.1) is 6.07 Å². The summed E-state index contributed by atoms with van der Waals surface area (Å²) in [7, 11) is 1.86. The van der Waals surface area contributed by atoms with Crippen molar-refractivity contribution in [1.29, 1.82) is 5.26 Å². The summed E-state index contributed by atoms with van der Waals surface area (Å²) in [5.41, 5.74) is -0.00419. The second-order valence-electron chi connectivity index (χ2n) is 5.67. The summed E-state index contributed by atoms with van der Waals surface area (Å²) >= 11 is 0. The first-order valence-corrected chi connectivity index (χ1v) is 5.73. The van der Waals surface area contributed by atoms with E-state index in [-0.39, 0.29) is 0 Å². The van der Waals surface area contributed by atoms with Gasteiger partial charge >= 0.3 is 0 Å². The number of nitrogens with zero attached hydrogens (tertiary/aromatic N) is 2. The SMILES string of the molecule is CNC(C)(C#N)CN1CCCC(C)(C)C1. The molecule has 1 rings (SSSR count). The summed E-state index contributed by atoms with van der Waals surface area (Å²) < 4.78 is 0. The number of nitrogens with one attached hydrogen (secondary N) is 1. The molecule has 0 bridgehead atoms. The number of likely N-dealkylation sites (N-methyl/N-ethyl adjacent to an activating group) is 1. The van der Waals surface area contributed by atoms with Gasteiger partial charge in [0.1, 0.15) is 5.54 Å². The van der Waals surface area contributed by atoms with Gasteiger partial charge < -0.3 is 5.32 Å². The van der Waals surface area contributed by atoms with Crippen LogP contribution in [0.5, 0.6) is 0 Å². The Hall–Kier alpha value is -0.590. The molecule has 1 saturated heterocycles. The molecule has 0 spiro atoms.